The molecule has 1 aromatic carbocycles. The van der Waals surface area contributed by atoms with Gasteiger partial charge in [0.25, 0.3) is 0 Å². The van der Waals surface area contributed by atoms with E-state index in [2.05, 4.69) is 26.8 Å². The van der Waals surface area contributed by atoms with Crippen molar-refractivity contribution < 1.29 is 9.59 Å². The van der Waals surface area contributed by atoms with Crippen molar-refractivity contribution in [3.63, 3.8) is 0 Å². The lowest BCUT2D eigenvalue weighted by molar-refractivity contribution is -0.114. The van der Waals surface area contributed by atoms with E-state index in [9.17, 15) is 9.59 Å². The smallest absolute Gasteiger partial charge is 0.221 e. The number of hydrogen-bond donors (Lipinski definition) is 1. The zero-order chi connectivity index (χ0) is 23.4. The molecule has 6 rings (SSSR count). The first-order valence-electron chi connectivity index (χ1n) is 11.7. The lowest BCUT2D eigenvalue weighted by atomic mass is 9.89. The summed E-state index contributed by atoms with van der Waals surface area (Å²) < 4.78 is 2.11. The number of rotatable bonds is 6. The van der Waals surface area contributed by atoms with Gasteiger partial charge < -0.3 is 5.32 Å². The van der Waals surface area contributed by atoms with Crippen molar-refractivity contribution in [3.8, 4) is 0 Å². The van der Waals surface area contributed by atoms with Crippen molar-refractivity contribution >= 4 is 56.3 Å². The van der Waals surface area contributed by atoms with Crippen LogP contribution < -0.4 is 5.32 Å². The number of fused-ring (bicyclic) bond motifs is 5. The Morgan fingerprint density at radius 2 is 1.97 bits per heavy atom. The molecule has 1 amide bonds. The molecule has 3 heterocycles. The molecule has 1 unspecified atom stereocenters. The van der Waals surface area contributed by atoms with Gasteiger partial charge in [0.15, 0.2) is 16.6 Å². The van der Waals surface area contributed by atoms with Crippen LogP contribution in [0.4, 0.5) is 5.69 Å². The summed E-state index contributed by atoms with van der Waals surface area (Å²) in [6.45, 7) is 3.78. The maximum Gasteiger partial charge on any atom is 0.221 e. The van der Waals surface area contributed by atoms with Gasteiger partial charge in [-0.25, -0.2) is 4.98 Å². The van der Waals surface area contributed by atoms with Crippen LogP contribution in [0.1, 0.15) is 65.7 Å². The van der Waals surface area contributed by atoms with Gasteiger partial charge in [-0.15, -0.1) is 21.5 Å². The number of carbonyl (C=O) groups excluding carboxylic acids is 2. The number of amides is 1. The van der Waals surface area contributed by atoms with E-state index >= 15 is 0 Å². The predicted molar refractivity (Wildman–Crippen MR) is 135 cm³/mol. The Morgan fingerprint density at radius 1 is 1.18 bits per heavy atom. The highest BCUT2D eigenvalue weighted by Gasteiger charge is 2.32. The minimum atomic E-state index is -0.135. The van der Waals surface area contributed by atoms with Crippen LogP contribution >= 0.6 is 23.1 Å². The van der Waals surface area contributed by atoms with E-state index in [-0.39, 0.29) is 17.4 Å². The molecule has 1 N–H and O–H groups in total. The summed E-state index contributed by atoms with van der Waals surface area (Å²) in [5, 5.41) is 13.7. The van der Waals surface area contributed by atoms with Gasteiger partial charge in [0.2, 0.25) is 5.91 Å². The number of ketones is 1. The molecular formula is C25H25N5O2S2. The molecule has 4 aromatic rings. The highest BCUT2D eigenvalue weighted by Crippen LogP contribution is 2.44. The summed E-state index contributed by atoms with van der Waals surface area (Å²) in [5.41, 5.74) is 3.59. The van der Waals surface area contributed by atoms with Crippen molar-refractivity contribution in [2.45, 2.75) is 57.0 Å². The summed E-state index contributed by atoms with van der Waals surface area (Å²) in [6, 6.07) is 6.99. The molecule has 3 aromatic heterocycles. The molecule has 7 nitrogen and oxygen atoms in total. The van der Waals surface area contributed by atoms with Crippen LogP contribution in [0.15, 0.2) is 29.4 Å². The Labute approximate surface area is 205 Å². The number of Topliss-reactive ketones (excluding diaryl/α,β-unsaturated/α-hetero) is 1. The van der Waals surface area contributed by atoms with Crippen LogP contribution in [0.5, 0.6) is 0 Å². The van der Waals surface area contributed by atoms with E-state index in [0.29, 0.717) is 23.1 Å². The van der Waals surface area contributed by atoms with Gasteiger partial charge in [-0.05, 0) is 67.9 Å². The SMILES string of the molecule is CC(=O)Nc1ccc(C(=O)CSc2nnc3c4c5c(sc4nc(C4CC4)n23)CC(C)CC5)cc1. The van der Waals surface area contributed by atoms with Crippen LogP contribution in [0.3, 0.4) is 0 Å². The number of aromatic nitrogens is 4. The van der Waals surface area contributed by atoms with Crippen LogP contribution in [0.2, 0.25) is 0 Å². The zero-order valence-corrected chi connectivity index (χ0v) is 20.8. The van der Waals surface area contributed by atoms with Crippen molar-refractivity contribution in [2.75, 3.05) is 11.1 Å². The fraction of sp³-hybridized carbons (Fsp3) is 0.400. The number of aryl methyl sites for hydroxylation is 1. The molecule has 174 valence electrons. The van der Waals surface area contributed by atoms with Gasteiger partial charge >= 0.3 is 0 Å². The highest BCUT2D eigenvalue weighted by atomic mass is 32.2. The molecule has 1 saturated carbocycles. The van der Waals surface area contributed by atoms with Gasteiger partial charge in [0, 0.05) is 29.0 Å². The van der Waals surface area contributed by atoms with Crippen LogP contribution in [-0.2, 0) is 17.6 Å². The average molecular weight is 492 g/mol. The summed E-state index contributed by atoms with van der Waals surface area (Å²) in [7, 11) is 0. The predicted octanol–water partition coefficient (Wildman–Crippen LogP) is 5.27. The summed E-state index contributed by atoms with van der Waals surface area (Å²) in [6.07, 6.45) is 5.65. The molecule has 0 saturated heterocycles. The normalized spacial score (nSPS) is 17.8. The molecule has 2 aliphatic carbocycles. The Bertz CT molecular complexity index is 1440. The third-order valence-electron chi connectivity index (χ3n) is 6.60. The average Bonchev–Trinajstić information content (AvgIpc) is 3.47. The first-order valence-corrected chi connectivity index (χ1v) is 13.5. The first-order chi connectivity index (χ1) is 16.5. The van der Waals surface area contributed by atoms with Gasteiger partial charge in [0.1, 0.15) is 10.7 Å². The van der Waals surface area contributed by atoms with Crippen molar-refractivity contribution in [3.05, 3.63) is 46.1 Å². The van der Waals surface area contributed by atoms with Crippen molar-refractivity contribution in [1.29, 1.82) is 0 Å². The van der Waals surface area contributed by atoms with Crippen molar-refractivity contribution in [1.82, 2.24) is 19.6 Å². The monoisotopic (exact) mass is 491 g/mol. The Kier molecular flexibility index (Phi) is 5.41. The summed E-state index contributed by atoms with van der Waals surface area (Å²) >= 11 is 3.24. The zero-order valence-electron chi connectivity index (χ0n) is 19.1. The molecule has 0 aliphatic heterocycles. The first kappa shape index (κ1) is 21.7. The second-order valence-electron chi connectivity index (χ2n) is 9.39. The minimum Gasteiger partial charge on any atom is -0.326 e. The molecular weight excluding hydrogens is 466 g/mol. The number of nitrogens with one attached hydrogen (secondary N) is 1. The fourth-order valence-corrected chi connectivity index (χ4v) is 6.92. The van der Waals surface area contributed by atoms with E-state index in [0.717, 1.165) is 52.5 Å². The minimum absolute atomic E-state index is 0.0139. The second-order valence-corrected chi connectivity index (χ2v) is 11.4. The third kappa shape index (κ3) is 3.90. The Morgan fingerprint density at radius 3 is 2.71 bits per heavy atom. The molecule has 9 heteroatoms. The van der Waals surface area contributed by atoms with Gasteiger partial charge in [-0.3, -0.25) is 14.0 Å². The van der Waals surface area contributed by atoms with Crippen LogP contribution in [-0.4, -0.2) is 37.0 Å². The number of hydrogen-bond acceptors (Lipinski definition) is 7. The second kappa shape index (κ2) is 8.46. The van der Waals surface area contributed by atoms with E-state index in [1.165, 1.54) is 35.5 Å². The highest BCUT2D eigenvalue weighted by molar-refractivity contribution is 7.99. The van der Waals surface area contributed by atoms with Crippen LogP contribution in [0.25, 0.3) is 15.9 Å². The maximum atomic E-state index is 12.9. The van der Waals surface area contributed by atoms with E-state index < -0.39 is 0 Å². The van der Waals surface area contributed by atoms with Crippen molar-refractivity contribution in [2.24, 2.45) is 5.92 Å². The standard InChI is InChI=1S/C25H25N5O2S2/c1-13-3-10-18-20(11-13)34-24-21(18)23-28-29-25(30(23)22(27-24)16-4-5-16)33-12-19(32)15-6-8-17(9-7-15)26-14(2)31/h6-9,13,16H,3-5,10-12H2,1-2H3,(H,26,31). The fourth-order valence-electron chi connectivity index (χ4n) is 4.70. The number of nitrogens with zero attached hydrogens (tertiary/aromatic N) is 4. The molecule has 0 radical (unpaired) electrons. The lowest BCUT2D eigenvalue weighted by Gasteiger charge is -2.17. The summed E-state index contributed by atoms with van der Waals surface area (Å²) in [4.78, 5) is 31.7. The molecule has 0 bridgehead atoms. The molecule has 0 spiro atoms. The van der Waals surface area contributed by atoms with Gasteiger partial charge in [0.05, 0.1) is 11.1 Å². The molecule has 2 aliphatic rings. The Hall–Kier alpha value is -2.78. The maximum absolute atomic E-state index is 12.9. The number of thiophene rings is 1. The largest absolute Gasteiger partial charge is 0.326 e. The summed E-state index contributed by atoms with van der Waals surface area (Å²) in [5.74, 6) is 2.33. The Balaban J connectivity index is 1.31. The van der Waals surface area contributed by atoms with E-state index in [4.69, 9.17) is 4.98 Å². The topological polar surface area (TPSA) is 89.2 Å². The van der Waals surface area contributed by atoms with E-state index in [1.807, 2.05) is 11.3 Å². The van der Waals surface area contributed by atoms with E-state index in [1.54, 1.807) is 24.3 Å². The number of benzene rings is 1. The number of anilines is 1. The van der Waals surface area contributed by atoms with Gasteiger partial charge in [-0.2, -0.15) is 0 Å². The molecule has 1 fully saturated rings. The quantitative estimate of drug-likeness (QED) is 0.292. The molecule has 34 heavy (non-hydrogen) atoms. The van der Waals surface area contributed by atoms with Crippen LogP contribution in [0, 0.1) is 5.92 Å². The third-order valence-corrected chi connectivity index (χ3v) is 8.67. The lowest BCUT2D eigenvalue weighted by Crippen LogP contribution is -2.09. The molecule has 1 atom stereocenters. The number of carbonyl (C=O) groups is 2. The van der Waals surface area contributed by atoms with Gasteiger partial charge in [-0.1, -0.05) is 18.7 Å². The number of thioether (sulfide) groups is 1.